The van der Waals surface area contributed by atoms with Gasteiger partial charge in [0.2, 0.25) is 0 Å². The summed E-state index contributed by atoms with van der Waals surface area (Å²) < 4.78 is 36.9. The van der Waals surface area contributed by atoms with Gasteiger partial charge in [-0.25, -0.2) is 4.98 Å². The molecule has 0 saturated carbocycles. The lowest BCUT2D eigenvalue weighted by molar-refractivity contribution is -0.137. The topological polar surface area (TPSA) is 45.1 Å². The number of anilines is 1. The van der Waals surface area contributed by atoms with Crippen LogP contribution in [0.5, 0.6) is 0 Å². The van der Waals surface area contributed by atoms with Crippen LogP contribution in [0.3, 0.4) is 0 Å². The molecule has 2 N–H and O–H groups in total. The average molecular weight is 241 g/mol. The van der Waals surface area contributed by atoms with E-state index in [-0.39, 0.29) is 24.1 Å². The number of nitrogens with zero attached hydrogens (tertiary/aromatic N) is 1. The van der Waals surface area contributed by atoms with Crippen LogP contribution in [0.2, 0.25) is 5.15 Å². The number of aliphatic hydroxyl groups is 1. The minimum absolute atomic E-state index is 0.0103. The lowest BCUT2D eigenvalue weighted by Gasteiger charge is -2.09. The first-order valence-corrected chi connectivity index (χ1v) is 4.41. The first-order chi connectivity index (χ1) is 6.93. The van der Waals surface area contributed by atoms with Crippen molar-refractivity contribution in [3.8, 4) is 0 Å². The molecule has 84 valence electrons. The lowest BCUT2D eigenvalue weighted by Crippen LogP contribution is -2.10. The Morgan fingerprint density at radius 1 is 1.40 bits per heavy atom. The van der Waals surface area contributed by atoms with Crippen molar-refractivity contribution in [2.75, 3.05) is 18.5 Å². The van der Waals surface area contributed by atoms with Crippen molar-refractivity contribution in [3.63, 3.8) is 0 Å². The van der Waals surface area contributed by atoms with Gasteiger partial charge in [0.05, 0.1) is 12.2 Å². The van der Waals surface area contributed by atoms with E-state index < -0.39 is 11.7 Å². The van der Waals surface area contributed by atoms with Gasteiger partial charge in [0.1, 0.15) is 11.0 Å². The van der Waals surface area contributed by atoms with Crippen LogP contribution in [-0.2, 0) is 6.18 Å². The van der Waals surface area contributed by atoms with Gasteiger partial charge in [0, 0.05) is 6.54 Å². The molecule has 0 aromatic carbocycles. The Labute approximate surface area is 88.9 Å². The molecule has 3 nitrogen and oxygen atoms in total. The zero-order chi connectivity index (χ0) is 11.5. The lowest BCUT2D eigenvalue weighted by atomic mass is 10.2. The highest BCUT2D eigenvalue weighted by molar-refractivity contribution is 6.29. The average Bonchev–Trinajstić information content (AvgIpc) is 2.12. The summed E-state index contributed by atoms with van der Waals surface area (Å²) in [4.78, 5) is 3.63. The third kappa shape index (κ3) is 3.56. The Morgan fingerprint density at radius 3 is 2.60 bits per heavy atom. The van der Waals surface area contributed by atoms with Gasteiger partial charge in [-0.1, -0.05) is 11.6 Å². The van der Waals surface area contributed by atoms with Crippen molar-refractivity contribution in [1.29, 1.82) is 0 Å². The number of nitrogens with one attached hydrogen (secondary N) is 1. The van der Waals surface area contributed by atoms with Crippen LogP contribution in [0, 0.1) is 0 Å². The zero-order valence-corrected chi connectivity index (χ0v) is 8.23. The van der Waals surface area contributed by atoms with E-state index in [1.54, 1.807) is 0 Å². The summed E-state index contributed by atoms with van der Waals surface area (Å²) in [6.45, 7) is -0.0832. The van der Waals surface area contributed by atoms with Crippen molar-refractivity contribution < 1.29 is 18.3 Å². The number of hydrogen-bond donors (Lipinski definition) is 2. The maximum absolute atomic E-state index is 12.3. The molecule has 0 spiro atoms. The molecule has 1 rings (SSSR count). The summed E-state index contributed by atoms with van der Waals surface area (Å²) in [6.07, 6.45) is -4.46. The molecule has 0 unspecified atom stereocenters. The van der Waals surface area contributed by atoms with Gasteiger partial charge in [0.15, 0.2) is 0 Å². The molecule has 0 aliphatic rings. The van der Waals surface area contributed by atoms with Gasteiger partial charge in [-0.3, -0.25) is 0 Å². The number of aliphatic hydroxyl groups excluding tert-OH is 1. The fourth-order valence-electron chi connectivity index (χ4n) is 0.935. The van der Waals surface area contributed by atoms with E-state index in [0.29, 0.717) is 0 Å². The Kier molecular flexibility index (Phi) is 3.76. The molecule has 0 bridgehead atoms. The highest BCUT2D eigenvalue weighted by Crippen LogP contribution is 2.31. The van der Waals surface area contributed by atoms with E-state index in [1.165, 1.54) is 0 Å². The maximum Gasteiger partial charge on any atom is 0.416 e. The van der Waals surface area contributed by atoms with Crippen molar-refractivity contribution in [2.24, 2.45) is 0 Å². The Hall–Kier alpha value is -1.01. The normalized spacial score (nSPS) is 11.5. The molecule has 15 heavy (non-hydrogen) atoms. The van der Waals surface area contributed by atoms with Crippen molar-refractivity contribution in [3.05, 3.63) is 22.8 Å². The van der Waals surface area contributed by atoms with Gasteiger partial charge in [-0.15, -0.1) is 0 Å². The first kappa shape index (κ1) is 12.1. The third-order valence-corrected chi connectivity index (χ3v) is 1.73. The fourth-order valence-corrected chi connectivity index (χ4v) is 1.14. The minimum Gasteiger partial charge on any atom is -0.395 e. The summed E-state index contributed by atoms with van der Waals surface area (Å²) in [5, 5.41) is 10.7. The van der Waals surface area contributed by atoms with E-state index in [0.717, 1.165) is 12.1 Å². The van der Waals surface area contributed by atoms with E-state index >= 15 is 0 Å². The predicted molar refractivity (Wildman–Crippen MR) is 49.8 cm³/mol. The Morgan fingerprint density at radius 2 is 2.07 bits per heavy atom. The van der Waals surface area contributed by atoms with Crippen molar-refractivity contribution in [1.82, 2.24) is 4.98 Å². The molecule has 1 aromatic rings. The van der Waals surface area contributed by atoms with Crippen LogP contribution in [0.1, 0.15) is 5.56 Å². The second kappa shape index (κ2) is 4.67. The minimum atomic E-state index is -4.46. The van der Waals surface area contributed by atoms with Crippen LogP contribution in [0.4, 0.5) is 19.0 Å². The largest absolute Gasteiger partial charge is 0.416 e. The molecule has 0 radical (unpaired) electrons. The maximum atomic E-state index is 12.3. The van der Waals surface area contributed by atoms with Gasteiger partial charge in [-0.05, 0) is 12.1 Å². The van der Waals surface area contributed by atoms with Crippen molar-refractivity contribution >= 4 is 17.4 Å². The summed E-state index contributed by atoms with van der Waals surface area (Å²) in [7, 11) is 0. The van der Waals surface area contributed by atoms with Gasteiger partial charge in [0.25, 0.3) is 0 Å². The monoisotopic (exact) mass is 240 g/mol. The number of alkyl halides is 3. The summed E-state index contributed by atoms with van der Waals surface area (Å²) in [5.74, 6) is -0.0103. The van der Waals surface area contributed by atoms with Crippen LogP contribution < -0.4 is 5.32 Å². The van der Waals surface area contributed by atoms with Crippen LogP contribution in [0.15, 0.2) is 12.1 Å². The van der Waals surface area contributed by atoms with Crippen LogP contribution in [-0.4, -0.2) is 23.2 Å². The fraction of sp³-hybridized carbons (Fsp3) is 0.375. The molecule has 0 fully saturated rings. The second-order valence-electron chi connectivity index (χ2n) is 2.71. The van der Waals surface area contributed by atoms with E-state index in [2.05, 4.69) is 10.3 Å². The number of aromatic nitrogens is 1. The van der Waals surface area contributed by atoms with Gasteiger partial charge < -0.3 is 10.4 Å². The van der Waals surface area contributed by atoms with Gasteiger partial charge >= 0.3 is 6.18 Å². The molecule has 0 aliphatic carbocycles. The molecular weight excluding hydrogens is 233 g/mol. The molecule has 1 heterocycles. The van der Waals surface area contributed by atoms with Crippen molar-refractivity contribution in [2.45, 2.75) is 6.18 Å². The molecule has 0 amide bonds. The number of pyridine rings is 1. The molecule has 7 heteroatoms. The van der Waals surface area contributed by atoms with E-state index in [9.17, 15) is 13.2 Å². The zero-order valence-electron chi connectivity index (χ0n) is 7.48. The highest BCUT2D eigenvalue weighted by atomic mass is 35.5. The van der Waals surface area contributed by atoms with E-state index in [4.69, 9.17) is 16.7 Å². The van der Waals surface area contributed by atoms with E-state index in [1.807, 2.05) is 0 Å². The summed E-state index contributed by atoms with van der Waals surface area (Å²) in [5.41, 5.74) is -0.872. The standard InChI is InChI=1S/C8H8ClF3N2O/c9-6-3-5(8(10,11)12)4-7(14-6)13-1-2-15/h3-4,15H,1-2H2,(H,13,14). The Bertz CT molecular complexity index is 343. The summed E-state index contributed by atoms with van der Waals surface area (Å²) in [6, 6.07) is 1.58. The summed E-state index contributed by atoms with van der Waals surface area (Å²) >= 11 is 5.42. The smallest absolute Gasteiger partial charge is 0.395 e. The van der Waals surface area contributed by atoms with Crippen LogP contribution in [0.25, 0.3) is 0 Å². The molecule has 0 aliphatic heterocycles. The number of hydrogen-bond acceptors (Lipinski definition) is 3. The second-order valence-corrected chi connectivity index (χ2v) is 3.10. The van der Waals surface area contributed by atoms with Gasteiger partial charge in [-0.2, -0.15) is 13.2 Å². The molecular formula is C8H8ClF3N2O. The molecule has 0 saturated heterocycles. The molecule has 0 atom stereocenters. The number of rotatable bonds is 3. The highest BCUT2D eigenvalue weighted by Gasteiger charge is 2.31. The third-order valence-electron chi connectivity index (χ3n) is 1.54. The molecule has 1 aromatic heterocycles. The quantitative estimate of drug-likeness (QED) is 0.796. The SMILES string of the molecule is OCCNc1cc(C(F)(F)F)cc(Cl)n1. The predicted octanol–water partition coefficient (Wildman–Crippen LogP) is 2.16. The number of halogens is 4. The Balaban J connectivity index is 2.95. The first-order valence-electron chi connectivity index (χ1n) is 4.03. The van der Waals surface area contributed by atoms with Crippen LogP contribution >= 0.6 is 11.6 Å².